The second kappa shape index (κ2) is 3.76. The Morgan fingerprint density at radius 2 is 2.38 bits per heavy atom. The van der Waals surface area contributed by atoms with E-state index in [0.717, 1.165) is 18.8 Å². The molecule has 0 N–H and O–H groups in total. The highest BCUT2D eigenvalue weighted by molar-refractivity contribution is 6.18. The highest BCUT2D eigenvalue weighted by atomic mass is 35.5. The Hall–Kier alpha value is 0.210. The van der Waals surface area contributed by atoms with Crippen molar-refractivity contribution in [2.45, 2.75) is 44.5 Å². The van der Waals surface area contributed by atoms with Gasteiger partial charge in [-0.05, 0) is 12.3 Å². The maximum Gasteiger partial charge on any atom is 0.169 e. The number of hydrogen-bond donors (Lipinski definition) is 0. The molecular formula is C10H17ClO2. The molecule has 2 fully saturated rings. The fourth-order valence-corrected chi connectivity index (χ4v) is 2.50. The van der Waals surface area contributed by atoms with Crippen molar-refractivity contribution in [1.82, 2.24) is 0 Å². The molecule has 0 radical (unpaired) electrons. The van der Waals surface area contributed by atoms with Crippen LogP contribution in [0.2, 0.25) is 0 Å². The predicted octanol–water partition coefficient (Wildman–Crippen LogP) is 2.55. The summed E-state index contributed by atoms with van der Waals surface area (Å²) < 4.78 is 11.6. The Morgan fingerprint density at radius 1 is 1.54 bits per heavy atom. The Morgan fingerprint density at radius 3 is 2.92 bits per heavy atom. The molecule has 2 nitrogen and oxygen atoms in total. The molecule has 3 unspecified atom stereocenters. The molecule has 2 rings (SSSR count). The number of ether oxygens (including phenoxy) is 2. The first-order chi connectivity index (χ1) is 6.28. The monoisotopic (exact) mass is 204 g/mol. The standard InChI is InChI=1S/C10H17ClO2/c1-2-8-3-4-10(5-8)12-7-9(6-11)13-10/h8-9H,2-7H2,1H3. The van der Waals surface area contributed by atoms with E-state index in [-0.39, 0.29) is 11.9 Å². The van der Waals surface area contributed by atoms with E-state index in [2.05, 4.69) is 6.92 Å². The summed E-state index contributed by atoms with van der Waals surface area (Å²) in [6, 6.07) is 0. The average Bonchev–Trinajstić information content (AvgIpc) is 2.74. The van der Waals surface area contributed by atoms with Gasteiger partial charge in [0, 0.05) is 12.8 Å². The van der Waals surface area contributed by atoms with E-state index in [1.807, 2.05) is 0 Å². The van der Waals surface area contributed by atoms with Gasteiger partial charge >= 0.3 is 0 Å². The molecule has 3 atom stereocenters. The third kappa shape index (κ3) is 1.85. The largest absolute Gasteiger partial charge is 0.347 e. The zero-order chi connectivity index (χ0) is 9.31. The van der Waals surface area contributed by atoms with Gasteiger partial charge in [-0.1, -0.05) is 13.3 Å². The maximum absolute atomic E-state index is 5.84. The molecular weight excluding hydrogens is 188 g/mol. The van der Waals surface area contributed by atoms with Gasteiger partial charge in [-0.3, -0.25) is 0 Å². The minimum atomic E-state index is -0.250. The van der Waals surface area contributed by atoms with Gasteiger partial charge in [0.05, 0.1) is 18.6 Å². The summed E-state index contributed by atoms with van der Waals surface area (Å²) in [7, 11) is 0. The van der Waals surface area contributed by atoms with Crippen molar-refractivity contribution in [3.63, 3.8) is 0 Å². The van der Waals surface area contributed by atoms with Crippen LogP contribution in [-0.4, -0.2) is 24.4 Å². The van der Waals surface area contributed by atoms with Crippen molar-refractivity contribution in [1.29, 1.82) is 0 Å². The van der Waals surface area contributed by atoms with Crippen LogP contribution in [-0.2, 0) is 9.47 Å². The van der Waals surface area contributed by atoms with Gasteiger partial charge in [-0.15, -0.1) is 11.6 Å². The molecule has 1 aliphatic heterocycles. The van der Waals surface area contributed by atoms with Gasteiger partial charge in [-0.25, -0.2) is 0 Å². The number of hydrogen-bond acceptors (Lipinski definition) is 2. The summed E-state index contributed by atoms with van der Waals surface area (Å²) in [4.78, 5) is 0. The Labute approximate surface area is 84.5 Å². The zero-order valence-electron chi connectivity index (χ0n) is 8.09. The molecule has 13 heavy (non-hydrogen) atoms. The third-order valence-electron chi connectivity index (χ3n) is 3.20. The van der Waals surface area contributed by atoms with Crippen LogP contribution in [0, 0.1) is 5.92 Å². The topological polar surface area (TPSA) is 18.5 Å². The van der Waals surface area contributed by atoms with Gasteiger partial charge in [-0.2, -0.15) is 0 Å². The second-order valence-electron chi connectivity index (χ2n) is 4.13. The lowest BCUT2D eigenvalue weighted by atomic mass is 10.1. The first-order valence-electron chi connectivity index (χ1n) is 5.16. The Balaban J connectivity index is 1.93. The van der Waals surface area contributed by atoms with Gasteiger partial charge in [0.2, 0.25) is 0 Å². The molecule has 0 aromatic rings. The lowest BCUT2D eigenvalue weighted by Crippen LogP contribution is -2.27. The molecule has 1 saturated carbocycles. The van der Waals surface area contributed by atoms with E-state index in [1.54, 1.807) is 0 Å². The fourth-order valence-electron chi connectivity index (χ4n) is 2.35. The van der Waals surface area contributed by atoms with E-state index in [1.165, 1.54) is 12.8 Å². The van der Waals surface area contributed by atoms with Gasteiger partial charge in [0.25, 0.3) is 0 Å². The lowest BCUT2D eigenvalue weighted by Gasteiger charge is -2.22. The summed E-state index contributed by atoms with van der Waals surface area (Å²) in [6.45, 7) is 2.91. The Kier molecular flexibility index (Phi) is 2.82. The van der Waals surface area contributed by atoms with Crippen LogP contribution in [0.4, 0.5) is 0 Å². The van der Waals surface area contributed by atoms with Crippen LogP contribution in [0.1, 0.15) is 32.6 Å². The van der Waals surface area contributed by atoms with Gasteiger partial charge in [0.1, 0.15) is 0 Å². The van der Waals surface area contributed by atoms with Crippen molar-refractivity contribution in [3.05, 3.63) is 0 Å². The van der Waals surface area contributed by atoms with Crippen LogP contribution in [0.25, 0.3) is 0 Å². The summed E-state index contributed by atoms with van der Waals surface area (Å²) in [5.74, 6) is 1.09. The molecule has 1 spiro atoms. The highest BCUT2D eigenvalue weighted by Gasteiger charge is 2.46. The number of alkyl halides is 1. The smallest absolute Gasteiger partial charge is 0.169 e. The van der Waals surface area contributed by atoms with Crippen LogP contribution >= 0.6 is 11.6 Å². The second-order valence-corrected chi connectivity index (χ2v) is 4.44. The van der Waals surface area contributed by atoms with E-state index < -0.39 is 0 Å². The fraction of sp³-hybridized carbons (Fsp3) is 1.00. The molecule has 1 aliphatic carbocycles. The molecule has 1 heterocycles. The van der Waals surface area contributed by atoms with E-state index in [9.17, 15) is 0 Å². The molecule has 76 valence electrons. The lowest BCUT2D eigenvalue weighted by molar-refractivity contribution is -0.161. The molecule has 2 aliphatic rings. The molecule has 0 aromatic heterocycles. The van der Waals surface area contributed by atoms with Crippen molar-refractivity contribution in [2.75, 3.05) is 12.5 Å². The van der Waals surface area contributed by atoms with Gasteiger partial charge < -0.3 is 9.47 Å². The van der Waals surface area contributed by atoms with Crippen molar-refractivity contribution >= 4 is 11.6 Å². The maximum atomic E-state index is 5.84. The van der Waals surface area contributed by atoms with E-state index >= 15 is 0 Å². The molecule has 0 aromatic carbocycles. The van der Waals surface area contributed by atoms with E-state index in [0.29, 0.717) is 12.5 Å². The molecule has 3 heteroatoms. The summed E-state index contributed by atoms with van der Waals surface area (Å²) in [5.41, 5.74) is 0. The van der Waals surface area contributed by atoms with Crippen LogP contribution < -0.4 is 0 Å². The van der Waals surface area contributed by atoms with Crippen LogP contribution in [0.3, 0.4) is 0 Å². The van der Waals surface area contributed by atoms with Gasteiger partial charge in [0.15, 0.2) is 5.79 Å². The summed E-state index contributed by atoms with van der Waals surface area (Å²) in [5, 5.41) is 0. The van der Waals surface area contributed by atoms with Crippen molar-refractivity contribution in [3.8, 4) is 0 Å². The highest BCUT2D eigenvalue weighted by Crippen LogP contribution is 2.43. The third-order valence-corrected chi connectivity index (χ3v) is 3.54. The number of halogens is 1. The van der Waals surface area contributed by atoms with E-state index in [4.69, 9.17) is 21.1 Å². The molecule has 0 amide bonds. The first kappa shape index (κ1) is 9.75. The zero-order valence-corrected chi connectivity index (χ0v) is 8.85. The van der Waals surface area contributed by atoms with Crippen LogP contribution in [0.5, 0.6) is 0 Å². The summed E-state index contributed by atoms with van der Waals surface area (Å²) >= 11 is 5.73. The average molecular weight is 205 g/mol. The first-order valence-corrected chi connectivity index (χ1v) is 5.69. The van der Waals surface area contributed by atoms with Crippen LogP contribution in [0.15, 0.2) is 0 Å². The normalized spacial score (nSPS) is 44.8. The van der Waals surface area contributed by atoms with Crippen molar-refractivity contribution < 1.29 is 9.47 Å². The number of rotatable bonds is 2. The SMILES string of the molecule is CCC1CCC2(C1)OCC(CCl)O2. The Bertz CT molecular complexity index is 164. The minimum Gasteiger partial charge on any atom is -0.347 e. The molecule has 1 saturated heterocycles. The minimum absolute atomic E-state index is 0.122. The predicted molar refractivity (Wildman–Crippen MR) is 51.9 cm³/mol. The van der Waals surface area contributed by atoms with Crippen molar-refractivity contribution in [2.24, 2.45) is 5.92 Å². The quantitative estimate of drug-likeness (QED) is 0.644. The summed E-state index contributed by atoms with van der Waals surface area (Å²) in [6.07, 6.45) is 4.72. The molecule has 0 bridgehead atoms.